The third-order valence-corrected chi connectivity index (χ3v) is 14.2. The summed E-state index contributed by atoms with van der Waals surface area (Å²) in [7, 11) is 5.95. The molecule has 9 nitrogen and oxygen atoms in total. The van der Waals surface area contributed by atoms with E-state index in [1.54, 1.807) is 0 Å². The van der Waals surface area contributed by atoms with Crippen molar-refractivity contribution in [3.05, 3.63) is 182 Å². The largest absolute Gasteiger partial charge is 0.477 e. The van der Waals surface area contributed by atoms with E-state index in [1.807, 2.05) is 21.1 Å². The SMILES string of the molecule is CC/C=C\C/C=C\C/C=C\C/C=C\C/C=C\C/C=C\C/C=C\C/C=C\C/C=C\C/C=C\CCCCC(=O)OC(COC(=O)CCCCCCCCCCCCCCCCC/C=C\C/C=C\C/C=C\C/C=C\C/C=C\CC)COC(OCC[N+](C)(C)C)C(=O)O. The summed E-state index contributed by atoms with van der Waals surface area (Å²) in [6, 6.07) is 0. The molecular weight excluding hydrogens is 1100 g/mol. The van der Waals surface area contributed by atoms with E-state index in [9.17, 15) is 19.5 Å². The second-order valence-electron chi connectivity index (χ2n) is 23.7. The molecule has 0 amide bonds. The lowest BCUT2D eigenvalue weighted by atomic mass is 10.0. The Morgan fingerprint density at radius 2 is 0.607 bits per heavy atom. The summed E-state index contributed by atoms with van der Waals surface area (Å²) < 4.78 is 22.9. The molecule has 0 aliphatic heterocycles. The van der Waals surface area contributed by atoms with Crippen LogP contribution in [0.4, 0.5) is 0 Å². The average molecular weight is 1230 g/mol. The molecule has 0 saturated carbocycles. The minimum Gasteiger partial charge on any atom is -0.477 e. The van der Waals surface area contributed by atoms with Gasteiger partial charge in [-0.3, -0.25) is 9.59 Å². The molecule has 1 N–H and O–H groups in total. The van der Waals surface area contributed by atoms with Gasteiger partial charge < -0.3 is 28.5 Å². The molecule has 0 radical (unpaired) electrons. The molecule has 0 saturated heterocycles. The third kappa shape index (κ3) is 69.7. The van der Waals surface area contributed by atoms with E-state index in [4.69, 9.17) is 18.9 Å². The summed E-state index contributed by atoms with van der Waals surface area (Å²) in [5.41, 5.74) is 0. The number of quaternary nitrogens is 1. The van der Waals surface area contributed by atoms with Gasteiger partial charge in [-0.25, -0.2) is 4.79 Å². The van der Waals surface area contributed by atoms with E-state index in [2.05, 4.69) is 196 Å². The number of rotatable bonds is 62. The second kappa shape index (κ2) is 68.3. The predicted molar refractivity (Wildman–Crippen MR) is 382 cm³/mol. The van der Waals surface area contributed by atoms with Gasteiger partial charge in [0.25, 0.3) is 6.29 Å². The van der Waals surface area contributed by atoms with Crippen LogP contribution in [0.2, 0.25) is 0 Å². The number of hydrogen-bond donors (Lipinski definition) is 1. The van der Waals surface area contributed by atoms with E-state index in [0.717, 1.165) is 128 Å². The van der Waals surface area contributed by atoms with Crippen LogP contribution in [0.25, 0.3) is 0 Å². The molecule has 0 aromatic heterocycles. The van der Waals surface area contributed by atoms with E-state index in [-0.39, 0.29) is 38.6 Å². The van der Waals surface area contributed by atoms with Gasteiger partial charge in [0.05, 0.1) is 34.4 Å². The summed E-state index contributed by atoms with van der Waals surface area (Å²) >= 11 is 0. The number of esters is 2. The number of carbonyl (C=O) groups excluding carboxylic acids is 2. The molecule has 0 heterocycles. The maximum absolute atomic E-state index is 12.9. The number of likely N-dealkylation sites (N-methyl/N-ethyl adjacent to an activating group) is 1. The first-order valence-electron chi connectivity index (χ1n) is 34.9. The molecule has 0 spiro atoms. The summed E-state index contributed by atoms with van der Waals surface area (Å²) in [6.45, 7) is 4.58. The minimum absolute atomic E-state index is 0.169. The third-order valence-electron chi connectivity index (χ3n) is 14.2. The summed E-state index contributed by atoms with van der Waals surface area (Å²) in [5, 5.41) is 9.75. The first kappa shape index (κ1) is 83.4. The Labute approximate surface area is 545 Å². The number of carboxylic acids is 1. The highest BCUT2D eigenvalue weighted by Gasteiger charge is 2.25. The highest BCUT2D eigenvalue weighted by Crippen LogP contribution is 2.16. The fraction of sp³-hybridized carbons (Fsp3) is 0.588. The van der Waals surface area contributed by atoms with Gasteiger partial charge in [-0.1, -0.05) is 280 Å². The first-order valence-corrected chi connectivity index (χ1v) is 34.9. The fourth-order valence-electron chi connectivity index (χ4n) is 8.89. The van der Waals surface area contributed by atoms with Crippen molar-refractivity contribution >= 4 is 17.9 Å². The maximum atomic E-state index is 12.9. The van der Waals surface area contributed by atoms with Crippen molar-refractivity contribution in [1.29, 1.82) is 0 Å². The number of hydrogen-bond acceptors (Lipinski definition) is 7. The Kier molecular flexibility index (Phi) is 64.0. The Balaban J connectivity index is 4.26. The Hall–Kier alpha value is -5.61. The van der Waals surface area contributed by atoms with Crippen molar-refractivity contribution in [3.8, 4) is 0 Å². The average Bonchev–Trinajstić information content (AvgIpc) is 3.64. The van der Waals surface area contributed by atoms with Gasteiger partial charge in [0.15, 0.2) is 6.10 Å². The number of aliphatic carboxylic acids is 1. The van der Waals surface area contributed by atoms with Crippen LogP contribution in [-0.4, -0.2) is 87.4 Å². The number of ether oxygens (including phenoxy) is 4. The van der Waals surface area contributed by atoms with E-state index in [0.29, 0.717) is 17.4 Å². The Morgan fingerprint density at radius 1 is 0.337 bits per heavy atom. The zero-order valence-electron chi connectivity index (χ0n) is 57.0. The number of unbranched alkanes of at least 4 members (excludes halogenated alkanes) is 17. The van der Waals surface area contributed by atoms with Crippen molar-refractivity contribution in [2.45, 2.75) is 257 Å². The highest BCUT2D eigenvalue weighted by molar-refractivity contribution is 5.71. The molecule has 0 fully saturated rings. The van der Waals surface area contributed by atoms with Crippen LogP contribution in [0.3, 0.4) is 0 Å². The van der Waals surface area contributed by atoms with Gasteiger partial charge in [-0.05, 0) is 135 Å². The van der Waals surface area contributed by atoms with Crippen LogP contribution in [0, 0.1) is 0 Å². The molecule has 89 heavy (non-hydrogen) atoms. The lowest BCUT2D eigenvalue weighted by Crippen LogP contribution is -2.40. The van der Waals surface area contributed by atoms with Crippen molar-refractivity contribution in [1.82, 2.24) is 0 Å². The van der Waals surface area contributed by atoms with Gasteiger partial charge >= 0.3 is 17.9 Å². The molecule has 0 aliphatic carbocycles. The number of carboxylic acid groups (broad SMARTS) is 1. The number of allylic oxidation sites excluding steroid dienone is 30. The summed E-state index contributed by atoms with van der Waals surface area (Å²) in [6.07, 6.45) is 101. The molecule has 2 unspecified atom stereocenters. The second-order valence-corrected chi connectivity index (χ2v) is 23.7. The van der Waals surface area contributed by atoms with Crippen molar-refractivity contribution < 1.29 is 42.9 Å². The summed E-state index contributed by atoms with van der Waals surface area (Å²) in [4.78, 5) is 37.6. The van der Waals surface area contributed by atoms with Gasteiger partial charge in [0.2, 0.25) is 0 Å². The molecule has 0 rings (SSSR count). The molecule has 0 aromatic rings. The number of carbonyl (C=O) groups is 3. The van der Waals surface area contributed by atoms with Gasteiger partial charge in [-0.2, -0.15) is 0 Å². The van der Waals surface area contributed by atoms with Gasteiger partial charge in [0.1, 0.15) is 13.2 Å². The lowest BCUT2D eigenvalue weighted by molar-refractivity contribution is -0.870. The molecule has 500 valence electrons. The molecule has 9 heteroatoms. The molecule has 2 atom stereocenters. The fourth-order valence-corrected chi connectivity index (χ4v) is 8.89. The van der Waals surface area contributed by atoms with E-state index < -0.39 is 24.3 Å². The van der Waals surface area contributed by atoms with E-state index in [1.165, 1.54) is 83.5 Å². The zero-order valence-corrected chi connectivity index (χ0v) is 57.0. The molecular formula is C80H128NO8+. The van der Waals surface area contributed by atoms with Gasteiger partial charge in [0, 0.05) is 12.8 Å². The summed E-state index contributed by atoms with van der Waals surface area (Å²) in [5.74, 6) is -2.08. The Bertz CT molecular complexity index is 2120. The van der Waals surface area contributed by atoms with Crippen molar-refractivity contribution in [2.24, 2.45) is 0 Å². The zero-order chi connectivity index (χ0) is 64.7. The quantitative estimate of drug-likeness (QED) is 0.0211. The molecule has 0 aliphatic rings. The van der Waals surface area contributed by atoms with E-state index >= 15 is 0 Å². The van der Waals surface area contributed by atoms with Crippen LogP contribution in [-0.2, 0) is 33.3 Å². The van der Waals surface area contributed by atoms with Crippen LogP contribution < -0.4 is 0 Å². The predicted octanol–water partition coefficient (Wildman–Crippen LogP) is 22.0. The van der Waals surface area contributed by atoms with Crippen molar-refractivity contribution in [3.63, 3.8) is 0 Å². The smallest absolute Gasteiger partial charge is 0.361 e. The minimum atomic E-state index is -1.54. The normalized spacial score (nSPS) is 13.9. The molecule has 0 bridgehead atoms. The van der Waals surface area contributed by atoms with Crippen LogP contribution >= 0.6 is 0 Å². The standard InChI is InChI=1S/C80H127NO8/c1-6-8-10-12-14-16-18-20-22-24-26-28-30-32-34-36-38-39-41-43-45-47-49-51-53-55-57-59-61-63-65-67-69-71-78(83)89-76(75-88-80(79(84)85)86-73-72-81(3,4)5)74-87-77(82)70-68-66-64-62-60-58-56-54-52-50-48-46-44-42-40-37-35-33-31-29-27-25-23-21-19-17-15-13-11-9-7-2/h8-11,14-17,20-23,26-29,32-35,38-39,43,45,49,51,55,57,61,63,76,80H,6-7,12-13,18-19,24-25,30-31,36-37,40-42,44,46-48,50,52-54,56,58-60,62,64-75H2,1-5H3/p+1/b10-8-,11-9-,16-14-,17-15-,22-20-,23-21-,28-26-,29-27-,34-32-,35-33-,39-38-,45-43-,51-49-,57-55-,63-61-. The topological polar surface area (TPSA) is 108 Å². The number of nitrogens with zero attached hydrogens (tertiary/aromatic N) is 1. The highest BCUT2D eigenvalue weighted by atomic mass is 16.7. The Morgan fingerprint density at radius 3 is 0.921 bits per heavy atom. The van der Waals surface area contributed by atoms with Crippen LogP contribution in [0.5, 0.6) is 0 Å². The van der Waals surface area contributed by atoms with Crippen LogP contribution in [0.1, 0.15) is 245 Å². The first-order chi connectivity index (χ1) is 43.6. The van der Waals surface area contributed by atoms with Crippen molar-refractivity contribution in [2.75, 3.05) is 47.5 Å². The lowest BCUT2D eigenvalue weighted by Gasteiger charge is -2.25. The monoisotopic (exact) mass is 1230 g/mol. The molecule has 0 aromatic carbocycles. The maximum Gasteiger partial charge on any atom is 0.361 e. The van der Waals surface area contributed by atoms with Crippen LogP contribution in [0.15, 0.2) is 182 Å². The van der Waals surface area contributed by atoms with Gasteiger partial charge in [-0.15, -0.1) is 0 Å².